The Labute approximate surface area is 252 Å². The van der Waals surface area contributed by atoms with Crippen LogP contribution in [0, 0.1) is 0 Å². The maximum Gasteiger partial charge on any atom is 0.374 e. The molecule has 42 heavy (non-hydrogen) atoms. The Hall–Kier alpha value is -3.67. The van der Waals surface area contributed by atoms with E-state index in [4.69, 9.17) is 14.2 Å². The zero-order valence-corrected chi connectivity index (χ0v) is 25.5. The Kier molecular flexibility index (Phi) is 18.1. The van der Waals surface area contributed by atoms with E-state index >= 15 is 0 Å². The highest BCUT2D eigenvalue weighted by Crippen LogP contribution is 2.17. The molecule has 2 aromatic rings. The summed E-state index contributed by atoms with van der Waals surface area (Å²) in [5, 5.41) is 0. The molecule has 0 bridgehead atoms. The van der Waals surface area contributed by atoms with Crippen molar-refractivity contribution in [1.82, 2.24) is 0 Å². The lowest BCUT2D eigenvalue weighted by atomic mass is 10.1. The van der Waals surface area contributed by atoms with E-state index in [0.717, 1.165) is 43.7 Å². The van der Waals surface area contributed by atoms with E-state index in [2.05, 4.69) is 19.1 Å². The molecule has 0 heterocycles. The van der Waals surface area contributed by atoms with Crippen molar-refractivity contribution in [3.63, 3.8) is 0 Å². The van der Waals surface area contributed by atoms with Crippen LogP contribution in [0.3, 0.4) is 0 Å². The van der Waals surface area contributed by atoms with Crippen molar-refractivity contribution < 1.29 is 28.6 Å². The topological polar surface area (TPSA) is 78.9 Å². The van der Waals surface area contributed by atoms with Crippen LogP contribution in [-0.2, 0) is 25.7 Å². The van der Waals surface area contributed by atoms with Gasteiger partial charge in [0.25, 0.3) is 0 Å². The van der Waals surface area contributed by atoms with Crippen LogP contribution in [0.5, 0.6) is 5.75 Å². The van der Waals surface area contributed by atoms with E-state index in [1.165, 1.54) is 52.1 Å². The zero-order valence-electron chi connectivity index (χ0n) is 25.5. The van der Waals surface area contributed by atoms with E-state index in [1.54, 1.807) is 24.3 Å². The number of hydrogen-bond donors (Lipinski definition) is 0. The molecule has 2 rings (SSSR count). The molecule has 0 fully saturated rings. The second-order valence-electron chi connectivity index (χ2n) is 10.5. The smallest absolute Gasteiger partial charge is 0.374 e. The van der Waals surface area contributed by atoms with Gasteiger partial charge in [-0.15, -0.1) is 0 Å². The summed E-state index contributed by atoms with van der Waals surface area (Å²) < 4.78 is 15.7. The standard InChI is InChI=1S/C36H48O6/c1-3-4-5-6-7-8-9-10-11-12-13-14-15-16-20-23-35(38)42-34(36(39)40-2)28-33(37)31-24-26-32(27-25-31)41-29-30-21-18-17-19-22-30/h10-11,17-19,21-22,24-28H,3-9,12-16,20,23,29H2,1-2H3/b11-10-,34-28-. The Bertz CT molecular complexity index is 1100. The van der Waals surface area contributed by atoms with Crippen LogP contribution in [0.25, 0.3) is 0 Å². The second-order valence-corrected chi connectivity index (χ2v) is 10.5. The van der Waals surface area contributed by atoms with Gasteiger partial charge in [-0.1, -0.05) is 101 Å². The Morgan fingerprint density at radius 1 is 0.714 bits per heavy atom. The van der Waals surface area contributed by atoms with Gasteiger partial charge in [0, 0.05) is 18.1 Å². The number of hydrogen-bond acceptors (Lipinski definition) is 6. The summed E-state index contributed by atoms with van der Waals surface area (Å²) >= 11 is 0. The van der Waals surface area contributed by atoms with Crippen molar-refractivity contribution in [2.75, 3.05) is 7.11 Å². The Morgan fingerprint density at radius 3 is 1.93 bits per heavy atom. The van der Waals surface area contributed by atoms with Crippen molar-refractivity contribution in [1.29, 1.82) is 0 Å². The quantitative estimate of drug-likeness (QED) is 0.0347. The minimum Gasteiger partial charge on any atom is -0.489 e. The molecule has 0 spiro atoms. The molecule has 6 heteroatoms. The van der Waals surface area contributed by atoms with Gasteiger partial charge in [0.2, 0.25) is 5.76 Å². The normalized spacial score (nSPS) is 11.4. The van der Waals surface area contributed by atoms with Crippen molar-refractivity contribution in [3.05, 3.63) is 89.7 Å². The van der Waals surface area contributed by atoms with Gasteiger partial charge in [0.05, 0.1) is 7.11 Å². The van der Waals surface area contributed by atoms with Crippen LogP contribution in [-0.4, -0.2) is 24.8 Å². The van der Waals surface area contributed by atoms with Gasteiger partial charge in [0.1, 0.15) is 12.4 Å². The van der Waals surface area contributed by atoms with Gasteiger partial charge >= 0.3 is 11.9 Å². The van der Waals surface area contributed by atoms with Gasteiger partial charge < -0.3 is 14.2 Å². The first kappa shape index (κ1) is 34.5. The zero-order chi connectivity index (χ0) is 30.3. The highest BCUT2D eigenvalue weighted by molar-refractivity contribution is 6.08. The maximum absolute atomic E-state index is 12.7. The molecule has 0 aliphatic heterocycles. The van der Waals surface area contributed by atoms with E-state index in [-0.39, 0.29) is 6.42 Å². The van der Waals surface area contributed by atoms with Crippen LogP contribution >= 0.6 is 0 Å². The first-order chi connectivity index (χ1) is 20.5. The minimum absolute atomic E-state index is 0.175. The van der Waals surface area contributed by atoms with Crippen LogP contribution in [0.1, 0.15) is 113 Å². The van der Waals surface area contributed by atoms with Gasteiger partial charge in [0.15, 0.2) is 5.78 Å². The van der Waals surface area contributed by atoms with Crippen molar-refractivity contribution >= 4 is 17.7 Å². The monoisotopic (exact) mass is 576 g/mol. The number of ketones is 1. The number of allylic oxidation sites excluding steroid dienone is 3. The lowest BCUT2D eigenvalue weighted by Gasteiger charge is -2.08. The average molecular weight is 577 g/mol. The number of ether oxygens (including phenoxy) is 3. The largest absolute Gasteiger partial charge is 0.489 e. The lowest BCUT2D eigenvalue weighted by Crippen LogP contribution is -2.15. The molecule has 0 aliphatic carbocycles. The van der Waals surface area contributed by atoms with Crippen LogP contribution < -0.4 is 4.74 Å². The summed E-state index contributed by atoms with van der Waals surface area (Å²) in [7, 11) is 1.18. The third-order valence-electron chi connectivity index (χ3n) is 6.90. The van der Waals surface area contributed by atoms with E-state index in [1.807, 2.05) is 30.3 Å². The lowest BCUT2D eigenvalue weighted by molar-refractivity contribution is -0.149. The van der Waals surface area contributed by atoms with Crippen LogP contribution in [0.4, 0.5) is 0 Å². The fourth-order valence-electron chi connectivity index (χ4n) is 4.40. The number of methoxy groups -OCH3 is 1. The third kappa shape index (κ3) is 15.4. The highest BCUT2D eigenvalue weighted by atomic mass is 16.6. The molecular formula is C36H48O6. The van der Waals surface area contributed by atoms with Gasteiger partial charge in [-0.2, -0.15) is 0 Å². The molecule has 228 valence electrons. The van der Waals surface area contributed by atoms with Crippen molar-refractivity contribution in [3.8, 4) is 5.75 Å². The minimum atomic E-state index is -0.871. The third-order valence-corrected chi connectivity index (χ3v) is 6.90. The first-order valence-corrected chi connectivity index (χ1v) is 15.5. The number of rotatable bonds is 22. The van der Waals surface area contributed by atoms with E-state index < -0.39 is 23.5 Å². The molecule has 2 aromatic carbocycles. The molecule has 0 N–H and O–H groups in total. The summed E-state index contributed by atoms with van der Waals surface area (Å²) in [6, 6.07) is 16.3. The summed E-state index contributed by atoms with van der Waals surface area (Å²) in [5.41, 5.74) is 1.36. The average Bonchev–Trinajstić information content (AvgIpc) is 3.01. The van der Waals surface area contributed by atoms with Crippen molar-refractivity contribution in [2.45, 2.75) is 103 Å². The molecule has 0 saturated heterocycles. The Morgan fingerprint density at radius 2 is 1.31 bits per heavy atom. The SMILES string of the molecule is CCCCCCCC/C=C\CCCCCCCC(=O)O/C(=C\C(=O)c1ccc(OCc2ccccc2)cc1)C(=O)OC. The number of benzene rings is 2. The number of esters is 2. The Balaban J connectivity index is 1.66. The van der Waals surface area contributed by atoms with Crippen LogP contribution in [0.2, 0.25) is 0 Å². The second kappa shape index (κ2) is 22.0. The molecule has 0 atom stereocenters. The number of unbranched alkanes of at least 4 members (excludes halogenated alkanes) is 11. The summed E-state index contributed by atoms with van der Waals surface area (Å²) in [5.74, 6) is -1.70. The van der Waals surface area contributed by atoms with E-state index in [0.29, 0.717) is 24.3 Å². The highest BCUT2D eigenvalue weighted by Gasteiger charge is 2.18. The molecule has 6 nitrogen and oxygen atoms in total. The van der Waals surface area contributed by atoms with Crippen molar-refractivity contribution in [2.24, 2.45) is 0 Å². The summed E-state index contributed by atoms with van der Waals surface area (Å²) in [4.78, 5) is 37.2. The molecular weight excluding hydrogens is 528 g/mol. The molecule has 0 aliphatic rings. The van der Waals surface area contributed by atoms with Gasteiger partial charge in [-0.05, 0) is 61.9 Å². The summed E-state index contributed by atoms with van der Waals surface area (Å²) in [6.45, 7) is 2.66. The predicted octanol–water partition coefficient (Wildman–Crippen LogP) is 9.09. The molecule has 0 amide bonds. The molecule has 0 radical (unpaired) electrons. The fourth-order valence-corrected chi connectivity index (χ4v) is 4.40. The molecule has 0 saturated carbocycles. The van der Waals surface area contributed by atoms with E-state index in [9.17, 15) is 14.4 Å². The summed E-state index contributed by atoms with van der Waals surface area (Å²) in [6.07, 6.45) is 20.9. The van der Waals surface area contributed by atoms with Crippen LogP contribution in [0.15, 0.2) is 78.6 Å². The fraction of sp³-hybridized carbons (Fsp3) is 0.472. The molecule has 0 unspecified atom stereocenters. The number of carbonyl (C=O) groups is 3. The first-order valence-electron chi connectivity index (χ1n) is 15.5. The number of carbonyl (C=O) groups excluding carboxylic acids is 3. The predicted molar refractivity (Wildman–Crippen MR) is 167 cm³/mol. The maximum atomic E-state index is 12.7. The van der Waals surface area contributed by atoms with Gasteiger partial charge in [-0.25, -0.2) is 4.79 Å². The van der Waals surface area contributed by atoms with Gasteiger partial charge in [-0.3, -0.25) is 9.59 Å². The molecule has 0 aromatic heterocycles.